The van der Waals surface area contributed by atoms with Gasteiger partial charge in [0.1, 0.15) is 5.75 Å². The van der Waals surface area contributed by atoms with Crippen molar-refractivity contribution in [1.82, 2.24) is 5.32 Å². The van der Waals surface area contributed by atoms with Crippen molar-refractivity contribution in [2.45, 2.75) is 39.0 Å². The maximum absolute atomic E-state index is 5.14. The van der Waals surface area contributed by atoms with Gasteiger partial charge in [0, 0.05) is 0 Å². The normalized spacial score (nSPS) is 10.5. The van der Waals surface area contributed by atoms with Crippen molar-refractivity contribution in [2.75, 3.05) is 20.2 Å². The van der Waals surface area contributed by atoms with Gasteiger partial charge in [-0.1, -0.05) is 25.5 Å². The van der Waals surface area contributed by atoms with Crippen LogP contribution in [0.5, 0.6) is 5.75 Å². The fraction of sp³-hybridized carbons (Fsp3) is 0.600. The van der Waals surface area contributed by atoms with Gasteiger partial charge in [0.15, 0.2) is 0 Å². The van der Waals surface area contributed by atoms with Gasteiger partial charge in [-0.3, -0.25) is 0 Å². The van der Waals surface area contributed by atoms with Crippen LogP contribution in [0.4, 0.5) is 0 Å². The first-order valence-electron chi connectivity index (χ1n) is 6.70. The number of hydrogen-bond acceptors (Lipinski definition) is 2. The average molecular weight is 235 g/mol. The van der Waals surface area contributed by atoms with Crippen LogP contribution >= 0.6 is 0 Å². The smallest absolute Gasteiger partial charge is 0.118 e. The standard InChI is InChI=1S/C15H25NO/c1-3-4-12-16-13-6-5-7-14-8-10-15(17-2)11-9-14/h8-11,16H,3-7,12-13H2,1-2H3. The second-order valence-electron chi connectivity index (χ2n) is 4.41. The number of benzene rings is 1. The molecular formula is C15H25NO. The van der Waals surface area contributed by atoms with Crippen molar-refractivity contribution in [3.8, 4) is 5.75 Å². The van der Waals surface area contributed by atoms with Gasteiger partial charge in [-0.2, -0.15) is 0 Å². The van der Waals surface area contributed by atoms with Crippen molar-refractivity contribution in [1.29, 1.82) is 0 Å². The molecule has 0 heterocycles. The molecule has 0 radical (unpaired) electrons. The van der Waals surface area contributed by atoms with Crippen LogP contribution in [0, 0.1) is 0 Å². The van der Waals surface area contributed by atoms with Gasteiger partial charge in [-0.05, 0) is 56.5 Å². The number of aryl methyl sites for hydroxylation is 1. The molecule has 0 unspecified atom stereocenters. The second kappa shape index (κ2) is 9.06. The lowest BCUT2D eigenvalue weighted by atomic mass is 10.1. The molecule has 0 spiro atoms. The van der Waals surface area contributed by atoms with E-state index >= 15 is 0 Å². The number of rotatable bonds is 9. The van der Waals surface area contributed by atoms with Crippen molar-refractivity contribution in [3.05, 3.63) is 29.8 Å². The second-order valence-corrected chi connectivity index (χ2v) is 4.41. The van der Waals surface area contributed by atoms with Gasteiger partial charge in [-0.25, -0.2) is 0 Å². The predicted molar refractivity (Wildman–Crippen MR) is 73.7 cm³/mol. The van der Waals surface area contributed by atoms with Gasteiger partial charge in [0.05, 0.1) is 7.11 Å². The molecule has 0 bridgehead atoms. The van der Waals surface area contributed by atoms with E-state index in [0.29, 0.717) is 0 Å². The highest BCUT2D eigenvalue weighted by Crippen LogP contribution is 2.12. The Morgan fingerprint density at radius 2 is 1.71 bits per heavy atom. The first kappa shape index (κ1) is 14.0. The molecule has 0 saturated heterocycles. The number of nitrogens with one attached hydrogen (secondary N) is 1. The molecule has 0 atom stereocenters. The van der Waals surface area contributed by atoms with Crippen LogP contribution in [0.15, 0.2) is 24.3 Å². The van der Waals surface area contributed by atoms with E-state index in [2.05, 4.69) is 24.4 Å². The van der Waals surface area contributed by atoms with Crippen LogP contribution < -0.4 is 10.1 Å². The van der Waals surface area contributed by atoms with Crippen molar-refractivity contribution < 1.29 is 4.74 Å². The Labute approximate surface area is 105 Å². The molecule has 0 saturated carbocycles. The van der Waals surface area contributed by atoms with Crippen LogP contribution in [0.25, 0.3) is 0 Å². The summed E-state index contributed by atoms with van der Waals surface area (Å²) in [5.41, 5.74) is 1.40. The minimum absolute atomic E-state index is 0.940. The van der Waals surface area contributed by atoms with E-state index in [4.69, 9.17) is 4.74 Å². The summed E-state index contributed by atoms with van der Waals surface area (Å²) in [4.78, 5) is 0. The fourth-order valence-corrected chi connectivity index (χ4v) is 1.80. The van der Waals surface area contributed by atoms with Crippen molar-refractivity contribution in [2.24, 2.45) is 0 Å². The van der Waals surface area contributed by atoms with Crippen LogP contribution in [-0.2, 0) is 6.42 Å². The summed E-state index contributed by atoms with van der Waals surface area (Å²) in [6, 6.07) is 8.39. The van der Waals surface area contributed by atoms with Gasteiger partial charge >= 0.3 is 0 Å². The Hall–Kier alpha value is -1.02. The van der Waals surface area contributed by atoms with Crippen LogP contribution in [0.2, 0.25) is 0 Å². The number of unbranched alkanes of at least 4 members (excludes halogenated alkanes) is 2. The Morgan fingerprint density at radius 3 is 2.35 bits per heavy atom. The Balaban J connectivity index is 2.05. The van der Waals surface area contributed by atoms with Crippen molar-refractivity contribution >= 4 is 0 Å². The molecule has 1 rings (SSSR count). The highest BCUT2D eigenvalue weighted by Gasteiger charge is 1.95. The zero-order valence-electron chi connectivity index (χ0n) is 11.2. The Kier molecular flexibility index (Phi) is 7.48. The van der Waals surface area contributed by atoms with E-state index in [9.17, 15) is 0 Å². The monoisotopic (exact) mass is 235 g/mol. The van der Waals surface area contributed by atoms with E-state index in [1.165, 1.54) is 44.2 Å². The molecule has 1 N–H and O–H groups in total. The topological polar surface area (TPSA) is 21.3 Å². The molecule has 0 aromatic heterocycles. The number of methoxy groups -OCH3 is 1. The summed E-state index contributed by atoms with van der Waals surface area (Å²) in [6.45, 7) is 4.54. The van der Waals surface area contributed by atoms with Gasteiger partial charge in [-0.15, -0.1) is 0 Å². The Morgan fingerprint density at radius 1 is 1.00 bits per heavy atom. The van der Waals surface area contributed by atoms with Gasteiger partial charge in [0.25, 0.3) is 0 Å². The first-order valence-corrected chi connectivity index (χ1v) is 6.70. The van der Waals surface area contributed by atoms with E-state index in [0.717, 1.165) is 12.3 Å². The lowest BCUT2D eigenvalue weighted by molar-refractivity contribution is 0.414. The maximum atomic E-state index is 5.14. The number of hydrogen-bond donors (Lipinski definition) is 1. The summed E-state index contributed by atoms with van der Waals surface area (Å²) in [6.07, 6.45) is 6.25. The molecule has 0 fully saturated rings. The average Bonchev–Trinajstić information content (AvgIpc) is 2.38. The molecule has 0 aliphatic carbocycles. The molecule has 96 valence electrons. The maximum Gasteiger partial charge on any atom is 0.118 e. The molecule has 2 nitrogen and oxygen atoms in total. The summed E-state index contributed by atoms with van der Waals surface area (Å²) in [7, 11) is 1.71. The molecule has 0 aliphatic rings. The lowest BCUT2D eigenvalue weighted by Crippen LogP contribution is -2.16. The SMILES string of the molecule is CCCCNCCCCc1ccc(OC)cc1. The van der Waals surface area contributed by atoms with Crippen LogP contribution in [-0.4, -0.2) is 20.2 Å². The molecule has 1 aromatic rings. The minimum atomic E-state index is 0.940. The highest BCUT2D eigenvalue weighted by atomic mass is 16.5. The largest absolute Gasteiger partial charge is 0.497 e. The van der Waals surface area contributed by atoms with Crippen molar-refractivity contribution in [3.63, 3.8) is 0 Å². The van der Waals surface area contributed by atoms with Gasteiger partial charge in [0.2, 0.25) is 0 Å². The first-order chi connectivity index (χ1) is 8.36. The molecule has 0 aliphatic heterocycles. The minimum Gasteiger partial charge on any atom is -0.497 e. The summed E-state index contributed by atoms with van der Waals surface area (Å²) < 4.78 is 5.14. The molecular weight excluding hydrogens is 210 g/mol. The zero-order chi connectivity index (χ0) is 12.3. The van der Waals surface area contributed by atoms with Gasteiger partial charge < -0.3 is 10.1 Å². The van der Waals surface area contributed by atoms with E-state index in [1.807, 2.05) is 12.1 Å². The van der Waals surface area contributed by atoms with E-state index < -0.39 is 0 Å². The van der Waals surface area contributed by atoms with E-state index in [1.54, 1.807) is 7.11 Å². The molecule has 17 heavy (non-hydrogen) atoms. The summed E-state index contributed by atoms with van der Waals surface area (Å²) in [5, 5.41) is 3.47. The van der Waals surface area contributed by atoms with Crippen LogP contribution in [0.1, 0.15) is 38.2 Å². The molecule has 0 amide bonds. The van der Waals surface area contributed by atoms with E-state index in [-0.39, 0.29) is 0 Å². The summed E-state index contributed by atoms with van der Waals surface area (Å²) in [5.74, 6) is 0.940. The highest BCUT2D eigenvalue weighted by molar-refractivity contribution is 5.27. The third-order valence-corrected chi connectivity index (χ3v) is 2.94. The number of ether oxygens (including phenoxy) is 1. The molecule has 1 aromatic carbocycles. The lowest BCUT2D eigenvalue weighted by Gasteiger charge is -2.05. The third kappa shape index (κ3) is 6.32. The predicted octanol–water partition coefficient (Wildman–Crippen LogP) is 3.41. The molecule has 2 heteroatoms. The van der Waals surface area contributed by atoms with Crippen LogP contribution in [0.3, 0.4) is 0 Å². The zero-order valence-corrected chi connectivity index (χ0v) is 11.2. The Bertz CT molecular complexity index is 281. The quantitative estimate of drug-likeness (QED) is 0.662. The fourth-order valence-electron chi connectivity index (χ4n) is 1.80. The summed E-state index contributed by atoms with van der Waals surface area (Å²) >= 11 is 0. The third-order valence-electron chi connectivity index (χ3n) is 2.94.